The number of halogens is 1. The molecule has 0 aliphatic carbocycles. The Labute approximate surface area is 131 Å². The normalized spacial score (nSPS) is 18.6. The van der Waals surface area contributed by atoms with Gasteiger partial charge in [-0.3, -0.25) is 0 Å². The molecule has 1 aliphatic heterocycles. The van der Waals surface area contributed by atoms with Gasteiger partial charge in [-0.1, -0.05) is 22.0 Å². The lowest BCUT2D eigenvalue weighted by atomic mass is 10.0. The summed E-state index contributed by atoms with van der Waals surface area (Å²) >= 11 is 3.72. The number of hydrogen-bond acceptors (Lipinski definition) is 3. The van der Waals surface area contributed by atoms with Gasteiger partial charge in [0.1, 0.15) is 0 Å². The average Bonchev–Trinajstić information content (AvgIpc) is 2.46. The minimum absolute atomic E-state index is 0.373. The van der Waals surface area contributed by atoms with Crippen molar-refractivity contribution in [1.82, 2.24) is 10.2 Å². The van der Waals surface area contributed by atoms with Crippen molar-refractivity contribution in [3.63, 3.8) is 0 Å². The molecule has 0 aromatic heterocycles. The maximum Gasteiger partial charge on any atom is 0.0377 e. The standard InChI is InChI=1S/C16H26BrN3/c1-12(18-2)15-6-5-14(11-16(15)17)20-9-7-13(8-10-20)19(3)4/h5-6,11-13,18H,7-10H2,1-4H3. The minimum Gasteiger partial charge on any atom is -0.371 e. The molecule has 112 valence electrons. The van der Waals surface area contributed by atoms with E-state index < -0.39 is 0 Å². The Morgan fingerprint density at radius 3 is 2.45 bits per heavy atom. The molecule has 1 saturated heterocycles. The Kier molecular flexibility index (Phi) is 5.47. The van der Waals surface area contributed by atoms with E-state index in [1.807, 2.05) is 7.05 Å². The second-order valence-corrected chi connectivity index (χ2v) is 6.75. The molecule has 0 spiro atoms. The molecule has 1 aromatic rings. The zero-order chi connectivity index (χ0) is 14.7. The third-order valence-electron chi connectivity index (χ3n) is 4.44. The molecule has 1 unspecified atom stereocenters. The van der Waals surface area contributed by atoms with Crippen LogP contribution in [0.4, 0.5) is 5.69 Å². The van der Waals surface area contributed by atoms with Crippen LogP contribution < -0.4 is 10.2 Å². The van der Waals surface area contributed by atoms with Crippen molar-refractivity contribution in [2.75, 3.05) is 39.1 Å². The fourth-order valence-electron chi connectivity index (χ4n) is 2.86. The Morgan fingerprint density at radius 1 is 1.30 bits per heavy atom. The molecule has 0 bridgehead atoms. The molecular weight excluding hydrogens is 314 g/mol. The first-order chi connectivity index (χ1) is 9.52. The summed E-state index contributed by atoms with van der Waals surface area (Å²) in [5.74, 6) is 0. The van der Waals surface area contributed by atoms with Crippen molar-refractivity contribution in [3.05, 3.63) is 28.2 Å². The summed E-state index contributed by atoms with van der Waals surface area (Å²) in [7, 11) is 6.37. The van der Waals surface area contributed by atoms with E-state index in [-0.39, 0.29) is 0 Å². The average molecular weight is 340 g/mol. The molecule has 1 fully saturated rings. The van der Waals surface area contributed by atoms with Crippen LogP contribution in [0.1, 0.15) is 31.4 Å². The second kappa shape index (κ2) is 6.92. The zero-order valence-electron chi connectivity index (χ0n) is 13.0. The summed E-state index contributed by atoms with van der Waals surface area (Å²) in [6, 6.07) is 7.86. The quantitative estimate of drug-likeness (QED) is 0.908. The van der Waals surface area contributed by atoms with Gasteiger partial charge in [-0.2, -0.15) is 0 Å². The number of rotatable bonds is 4. The molecule has 1 aliphatic rings. The summed E-state index contributed by atoms with van der Waals surface area (Å²) in [4.78, 5) is 4.85. The van der Waals surface area contributed by atoms with Crippen LogP contribution >= 0.6 is 15.9 Å². The lowest BCUT2D eigenvalue weighted by molar-refractivity contribution is 0.249. The molecule has 2 rings (SSSR count). The van der Waals surface area contributed by atoms with E-state index in [4.69, 9.17) is 0 Å². The number of nitrogens with zero attached hydrogens (tertiary/aromatic N) is 2. The van der Waals surface area contributed by atoms with Crippen LogP contribution in [-0.4, -0.2) is 45.2 Å². The first-order valence-electron chi connectivity index (χ1n) is 7.41. The summed E-state index contributed by atoms with van der Waals surface area (Å²) in [5, 5.41) is 3.29. The Hall–Kier alpha value is -0.580. The zero-order valence-corrected chi connectivity index (χ0v) is 14.6. The number of benzene rings is 1. The van der Waals surface area contributed by atoms with Crippen LogP contribution in [0.15, 0.2) is 22.7 Å². The Morgan fingerprint density at radius 2 is 1.95 bits per heavy atom. The highest BCUT2D eigenvalue weighted by atomic mass is 79.9. The molecule has 0 saturated carbocycles. The first-order valence-corrected chi connectivity index (χ1v) is 8.20. The van der Waals surface area contributed by atoms with Gasteiger partial charge in [0.25, 0.3) is 0 Å². The van der Waals surface area contributed by atoms with Gasteiger partial charge in [-0.05, 0) is 58.6 Å². The van der Waals surface area contributed by atoms with E-state index in [0.717, 1.165) is 19.1 Å². The van der Waals surface area contributed by atoms with E-state index in [9.17, 15) is 0 Å². The number of piperidine rings is 1. The van der Waals surface area contributed by atoms with Crippen molar-refractivity contribution >= 4 is 21.6 Å². The van der Waals surface area contributed by atoms with E-state index in [1.165, 1.54) is 28.6 Å². The summed E-state index contributed by atoms with van der Waals surface area (Å²) < 4.78 is 1.20. The largest absolute Gasteiger partial charge is 0.371 e. The summed E-state index contributed by atoms with van der Waals surface area (Å²) in [6.07, 6.45) is 2.50. The maximum atomic E-state index is 3.72. The molecule has 1 N–H and O–H groups in total. The topological polar surface area (TPSA) is 18.5 Å². The molecule has 1 aromatic carbocycles. The third-order valence-corrected chi connectivity index (χ3v) is 5.13. The summed E-state index contributed by atoms with van der Waals surface area (Å²) in [6.45, 7) is 4.48. The van der Waals surface area contributed by atoms with Crippen molar-refractivity contribution in [3.8, 4) is 0 Å². The smallest absolute Gasteiger partial charge is 0.0377 e. The lowest BCUT2D eigenvalue weighted by Gasteiger charge is -2.36. The SMILES string of the molecule is CNC(C)c1ccc(N2CCC(N(C)C)CC2)cc1Br. The van der Waals surface area contributed by atoms with Gasteiger partial charge in [0.15, 0.2) is 0 Å². The van der Waals surface area contributed by atoms with E-state index in [2.05, 4.69) is 70.3 Å². The van der Waals surface area contributed by atoms with Gasteiger partial charge in [-0.25, -0.2) is 0 Å². The highest BCUT2D eigenvalue weighted by Gasteiger charge is 2.21. The fraction of sp³-hybridized carbons (Fsp3) is 0.625. The van der Waals surface area contributed by atoms with Crippen LogP contribution in [-0.2, 0) is 0 Å². The van der Waals surface area contributed by atoms with Crippen LogP contribution in [0.2, 0.25) is 0 Å². The maximum absolute atomic E-state index is 3.72. The number of anilines is 1. The van der Waals surface area contributed by atoms with E-state index in [1.54, 1.807) is 0 Å². The predicted octanol–water partition coefficient (Wildman–Crippen LogP) is 3.26. The number of hydrogen-bond donors (Lipinski definition) is 1. The molecule has 0 radical (unpaired) electrons. The fourth-order valence-corrected chi connectivity index (χ4v) is 3.57. The van der Waals surface area contributed by atoms with Gasteiger partial charge >= 0.3 is 0 Å². The third kappa shape index (κ3) is 3.54. The van der Waals surface area contributed by atoms with Crippen LogP contribution in [0.3, 0.4) is 0 Å². The van der Waals surface area contributed by atoms with Gasteiger partial charge in [-0.15, -0.1) is 0 Å². The van der Waals surface area contributed by atoms with Crippen LogP contribution in [0, 0.1) is 0 Å². The molecule has 20 heavy (non-hydrogen) atoms. The molecule has 4 heteroatoms. The lowest BCUT2D eigenvalue weighted by Crippen LogP contribution is -2.42. The van der Waals surface area contributed by atoms with Crippen molar-refractivity contribution in [1.29, 1.82) is 0 Å². The monoisotopic (exact) mass is 339 g/mol. The van der Waals surface area contributed by atoms with E-state index in [0.29, 0.717) is 6.04 Å². The first kappa shape index (κ1) is 15.8. The number of nitrogens with one attached hydrogen (secondary N) is 1. The molecule has 1 heterocycles. The molecular formula is C16H26BrN3. The van der Waals surface area contributed by atoms with Crippen LogP contribution in [0.5, 0.6) is 0 Å². The van der Waals surface area contributed by atoms with E-state index >= 15 is 0 Å². The predicted molar refractivity (Wildman–Crippen MR) is 90.5 cm³/mol. The van der Waals surface area contributed by atoms with Crippen molar-refractivity contribution in [2.24, 2.45) is 0 Å². The van der Waals surface area contributed by atoms with Gasteiger partial charge in [0.2, 0.25) is 0 Å². The molecule has 0 amide bonds. The minimum atomic E-state index is 0.373. The second-order valence-electron chi connectivity index (χ2n) is 5.90. The molecule has 1 atom stereocenters. The van der Waals surface area contributed by atoms with Crippen molar-refractivity contribution < 1.29 is 0 Å². The molecule has 3 nitrogen and oxygen atoms in total. The van der Waals surface area contributed by atoms with Gasteiger partial charge < -0.3 is 15.1 Å². The highest BCUT2D eigenvalue weighted by molar-refractivity contribution is 9.10. The highest BCUT2D eigenvalue weighted by Crippen LogP contribution is 2.30. The van der Waals surface area contributed by atoms with Gasteiger partial charge in [0.05, 0.1) is 0 Å². The Balaban J connectivity index is 2.06. The van der Waals surface area contributed by atoms with Gasteiger partial charge in [0, 0.05) is 35.3 Å². The Bertz CT molecular complexity index is 439. The summed E-state index contributed by atoms with van der Waals surface area (Å²) in [5.41, 5.74) is 2.65. The van der Waals surface area contributed by atoms with Crippen molar-refractivity contribution in [2.45, 2.75) is 31.8 Å². The van der Waals surface area contributed by atoms with Crippen LogP contribution in [0.25, 0.3) is 0 Å².